The summed E-state index contributed by atoms with van der Waals surface area (Å²) < 4.78 is 5.92. The molecule has 0 aliphatic rings. The van der Waals surface area contributed by atoms with Crippen LogP contribution in [0.15, 0.2) is 0 Å². The molecule has 0 aromatic carbocycles. The fourth-order valence-corrected chi connectivity index (χ4v) is 8.43. The molecule has 0 saturated heterocycles. The molecule has 3 unspecified atom stereocenters. The van der Waals surface area contributed by atoms with Gasteiger partial charge in [-0.15, -0.1) is 0 Å². The van der Waals surface area contributed by atoms with Crippen LogP contribution in [0.4, 0.5) is 0 Å². The van der Waals surface area contributed by atoms with Crippen molar-refractivity contribution in [1.82, 2.24) is 5.32 Å². The lowest BCUT2D eigenvalue weighted by molar-refractivity contribution is -0.151. The van der Waals surface area contributed by atoms with E-state index in [9.17, 15) is 19.8 Å². The number of hydrogen-bond donors (Lipinski definition) is 3. The highest BCUT2D eigenvalue weighted by Crippen LogP contribution is 2.19. The number of ether oxygens (including phenoxy) is 1. The molecule has 0 rings (SSSR count). The Bertz CT molecular complexity index is 837. The number of rotatable bonds is 48. The molecule has 0 radical (unpaired) electrons. The lowest BCUT2D eigenvalue weighted by Gasteiger charge is -2.24. The Balaban J connectivity index is 4.41. The van der Waals surface area contributed by atoms with Gasteiger partial charge in [0.15, 0.2) is 0 Å². The van der Waals surface area contributed by atoms with Crippen molar-refractivity contribution >= 4 is 11.9 Å². The zero-order valence-corrected chi connectivity index (χ0v) is 39.5. The maximum Gasteiger partial charge on any atom is 0.306 e. The first kappa shape index (κ1) is 56.9. The minimum absolute atomic E-state index is 0.0874. The minimum atomic E-state index is -0.779. The Hall–Kier alpha value is -1.14. The molecule has 0 aromatic rings. The van der Waals surface area contributed by atoms with Crippen molar-refractivity contribution in [3.05, 3.63) is 0 Å². The van der Waals surface area contributed by atoms with E-state index in [2.05, 4.69) is 26.1 Å². The van der Waals surface area contributed by atoms with Crippen LogP contribution in [0.3, 0.4) is 0 Å². The molecule has 6 nitrogen and oxygen atoms in total. The van der Waals surface area contributed by atoms with E-state index in [1.807, 2.05) is 0 Å². The number of unbranched alkanes of at least 4 members (excludes halogenated alkanes) is 36. The van der Waals surface area contributed by atoms with Crippen LogP contribution in [-0.4, -0.2) is 46.9 Å². The largest absolute Gasteiger partial charge is 0.462 e. The first-order chi connectivity index (χ1) is 28.5. The van der Waals surface area contributed by atoms with Gasteiger partial charge in [0.2, 0.25) is 5.91 Å². The summed E-state index contributed by atoms with van der Waals surface area (Å²) in [4.78, 5) is 26.1. The van der Waals surface area contributed by atoms with Gasteiger partial charge in [0.05, 0.1) is 25.2 Å². The van der Waals surface area contributed by atoms with Crippen molar-refractivity contribution in [3.8, 4) is 0 Å². The topological polar surface area (TPSA) is 95.9 Å². The third-order valence-corrected chi connectivity index (χ3v) is 12.4. The highest BCUT2D eigenvalue weighted by molar-refractivity contribution is 5.77. The fraction of sp³-hybridized carbons (Fsp3) is 0.962. The molecule has 0 spiro atoms. The minimum Gasteiger partial charge on any atom is -0.462 e. The number of carbonyl (C=O) groups is 2. The summed E-state index contributed by atoms with van der Waals surface area (Å²) in [5, 5.41) is 23.8. The monoisotopic (exact) mass is 822 g/mol. The molecule has 1 amide bonds. The fourth-order valence-electron chi connectivity index (χ4n) is 8.43. The maximum absolute atomic E-state index is 13.2. The van der Waals surface area contributed by atoms with Crippen molar-refractivity contribution in [2.75, 3.05) is 6.61 Å². The van der Waals surface area contributed by atoms with Crippen molar-refractivity contribution < 1.29 is 24.5 Å². The first-order valence-corrected chi connectivity index (χ1v) is 26.3. The average molecular weight is 822 g/mol. The van der Waals surface area contributed by atoms with Crippen LogP contribution >= 0.6 is 0 Å². The smallest absolute Gasteiger partial charge is 0.306 e. The Labute approximate surface area is 362 Å². The van der Waals surface area contributed by atoms with Gasteiger partial charge in [-0.25, -0.2) is 0 Å². The highest BCUT2D eigenvalue weighted by Gasteiger charge is 2.24. The van der Waals surface area contributed by atoms with Gasteiger partial charge in [-0.05, 0) is 25.7 Å². The molecule has 58 heavy (non-hydrogen) atoms. The molecule has 0 aliphatic carbocycles. The number of esters is 1. The van der Waals surface area contributed by atoms with E-state index in [0.29, 0.717) is 19.3 Å². The van der Waals surface area contributed by atoms with Crippen LogP contribution in [-0.2, 0) is 14.3 Å². The van der Waals surface area contributed by atoms with Crippen molar-refractivity contribution in [2.24, 2.45) is 0 Å². The molecule has 346 valence electrons. The van der Waals surface area contributed by atoms with Gasteiger partial charge in [0, 0.05) is 6.42 Å². The number of hydrogen-bond acceptors (Lipinski definition) is 5. The number of aliphatic hydroxyl groups excluding tert-OH is 2. The van der Waals surface area contributed by atoms with Crippen molar-refractivity contribution in [3.63, 3.8) is 0 Å². The van der Waals surface area contributed by atoms with Gasteiger partial charge in [-0.1, -0.05) is 258 Å². The molecule has 0 bridgehead atoms. The Kier molecular flexibility index (Phi) is 46.0. The second-order valence-electron chi connectivity index (χ2n) is 18.3. The van der Waals surface area contributed by atoms with Crippen LogP contribution in [0.1, 0.15) is 297 Å². The lowest BCUT2D eigenvalue weighted by atomic mass is 10.0. The molecule has 3 N–H and O–H groups in total. The number of carbonyl (C=O) groups excluding carboxylic acids is 2. The maximum atomic E-state index is 13.2. The van der Waals surface area contributed by atoms with Crippen LogP contribution in [0.5, 0.6) is 0 Å². The van der Waals surface area contributed by atoms with Crippen molar-refractivity contribution in [2.45, 2.75) is 315 Å². The first-order valence-electron chi connectivity index (χ1n) is 26.3. The summed E-state index contributed by atoms with van der Waals surface area (Å²) in [5.74, 6) is -0.453. The molecule has 3 atom stereocenters. The summed E-state index contributed by atoms with van der Waals surface area (Å²) in [7, 11) is 0. The molecular formula is C52H103NO5. The van der Waals surface area contributed by atoms with Gasteiger partial charge in [0.25, 0.3) is 0 Å². The van der Waals surface area contributed by atoms with Crippen LogP contribution in [0.25, 0.3) is 0 Å². The van der Waals surface area contributed by atoms with Gasteiger partial charge in [-0.2, -0.15) is 0 Å². The molecule has 0 saturated carbocycles. The van der Waals surface area contributed by atoms with E-state index in [-0.39, 0.29) is 24.9 Å². The van der Waals surface area contributed by atoms with Crippen molar-refractivity contribution in [1.29, 1.82) is 0 Å². The summed E-state index contributed by atoms with van der Waals surface area (Å²) in [6, 6.07) is -0.691. The average Bonchev–Trinajstić information content (AvgIpc) is 3.22. The molecule has 0 fully saturated rings. The predicted octanol–water partition coefficient (Wildman–Crippen LogP) is 15.6. The SMILES string of the molecule is CCCCCCCCCCCCCCCCCCCC(O)C(CO)NC(=O)CC(CCCCCCCCCCCCC)OC(=O)CCCCCCCCCCCCC. The second-order valence-corrected chi connectivity index (χ2v) is 18.3. The van der Waals surface area contributed by atoms with Crippen LogP contribution < -0.4 is 5.32 Å². The van der Waals surface area contributed by atoms with E-state index in [4.69, 9.17) is 4.74 Å². The molecule has 0 aliphatic heterocycles. The molecular weight excluding hydrogens is 719 g/mol. The van der Waals surface area contributed by atoms with E-state index in [0.717, 1.165) is 44.9 Å². The van der Waals surface area contributed by atoms with Gasteiger partial charge < -0.3 is 20.3 Å². The summed E-state index contributed by atoms with van der Waals surface area (Å²) in [6.07, 6.45) is 50.2. The van der Waals surface area contributed by atoms with Gasteiger partial charge in [-0.3, -0.25) is 9.59 Å². The standard InChI is InChI=1S/C52H103NO5/c1-4-7-10-13-16-19-22-23-24-25-26-27-30-32-35-38-41-44-50(55)49(47-54)53-51(56)46-48(43-40-37-34-31-28-20-17-14-11-8-5-2)58-52(57)45-42-39-36-33-29-21-18-15-12-9-6-3/h48-50,54-55H,4-47H2,1-3H3,(H,53,56). The zero-order valence-electron chi connectivity index (χ0n) is 39.5. The number of nitrogens with one attached hydrogen (secondary N) is 1. The Morgan fingerprint density at radius 3 is 1.05 bits per heavy atom. The van der Waals surface area contributed by atoms with E-state index >= 15 is 0 Å². The molecule has 6 heteroatoms. The third kappa shape index (κ3) is 41.6. The van der Waals surface area contributed by atoms with Crippen LogP contribution in [0.2, 0.25) is 0 Å². The zero-order chi connectivity index (χ0) is 42.4. The van der Waals surface area contributed by atoms with Gasteiger partial charge in [0.1, 0.15) is 6.10 Å². The quantitative estimate of drug-likeness (QED) is 0.0420. The van der Waals surface area contributed by atoms with Crippen LogP contribution in [0, 0.1) is 0 Å². The summed E-state index contributed by atoms with van der Waals surface area (Å²) in [6.45, 7) is 6.50. The predicted molar refractivity (Wildman–Crippen MR) is 250 cm³/mol. The third-order valence-electron chi connectivity index (χ3n) is 12.4. The number of amides is 1. The Morgan fingerprint density at radius 2 is 0.724 bits per heavy atom. The Morgan fingerprint density at radius 1 is 0.431 bits per heavy atom. The highest BCUT2D eigenvalue weighted by atomic mass is 16.5. The normalized spacial score (nSPS) is 13.1. The van der Waals surface area contributed by atoms with E-state index < -0.39 is 18.2 Å². The summed E-state index contributed by atoms with van der Waals surface area (Å²) in [5.41, 5.74) is 0. The van der Waals surface area contributed by atoms with E-state index in [1.54, 1.807) is 0 Å². The van der Waals surface area contributed by atoms with Gasteiger partial charge >= 0.3 is 5.97 Å². The second kappa shape index (κ2) is 46.9. The summed E-state index contributed by atoms with van der Waals surface area (Å²) >= 11 is 0. The lowest BCUT2D eigenvalue weighted by Crippen LogP contribution is -2.46. The van der Waals surface area contributed by atoms with E-state index in [1.165, 1.54) is 205 Å². The molecule has 0 heterocycles. The number of aliphatic hydroxyl groups is 2. The molecule has 0 aromatic heterocycles.